The molecule has 0 radical (unpaired) electrons. The second kappa shape index (κ2) is 5.57. The fraction of sp³-hybridized carbons (Fsp3) is 0.438. The third-order valence-corrected chi connectivity index (χ3v) is 3.60. The molecule has 0 aliphatic heterocycles. The summed E-state index contributed by atoms with van der Waals surface area (Å²) < 4.78 is 0. The largest absolute Gasteiger partial charge is 0.345 e. The number of aryl methyl sites for hydroxylation is 2. The molecular weight excluding hydrogens is 234 g/mol. The average molecular weight is 257 g/mol. The molecule has 3 nitrogen and oxygen atoms in total. The molecule has 0 saturated heterocycles. The van der Waals surface area contributed by atoms with Gasteiger partial charge in [0.15, 0.2) is 0 Å². The maximum absolute atomic E-state index is 5.87. The van der Waals surface area contributed by atoms with Gasteiger partial charge in [-0.1, -0.05) is 37.6 Å². The summed E-state index contributed by atoms with van der Waals surface area (Å²) in [5.41, 5.74) is 10.4. The summed E-state index contributed by atoms with van der Waals surface area (Å²) in [5.74, 6) is 1.78. The van der Waals surface area contributed by atoms with Crippen LogP contribution in [0.4, 0.5) is 0 Å². The van der Waals surface area contributed by atoms with E-state index in [4.69, 9.17) is 10.7 Å². The lowest BCUT2D eigenvalue weighted by Gasteiger charge is -2.15. The molecule has 0 saturated carbocycles. The van der Waals surface area contributed by atoms with Crippen molar-refractivity contribution in [2.45, 2.75) is 33.6 Å². The van der Waals surface area contributed by atoms with Crippen LogP contribution >= 0.6 is 0 Å². The monoisotopic (exact) mass is 257 g/mol. The molecule has 0 aliphatic carbocycles. The summed E-state index contributed by atoms with van der Waals surface area (Å²) in [4.78, 5) is 8.18. The molecule has 0 aliphatic rings. The highest BCUT2D eigenvalue weighted by molar-refractivity contribution is 5.62. The zero-order valence-electron chi connectivity index (χ0n) is 12.2. The van der Waals surface area contributed by atoms with Crippen molar-refractivity contribution in [3.05, 3.63) is 41.3 Å². The summed E-state index contributed by atoms with van der Waals surface area (Å²) in [6.07, 6.45) is 0. The summed E-state index contributed by atoms with van der Waals surface area (Å²) in [6.45, 7) is 9.16. The van der Waals surface area contributed by atoms with Gasteiger partial charge in [0.05, 0.1) is 5.69 Å². The van der Waals surface area contributed by atoms with Crippen molar-refractivity contribution in [2.75, 3.05) is 6.54 Å². The molecule has 2 rings (SSSR count). The fourth-order valence-electron chi connectivity index (χ4n) is 2.43. The van der Waals surface area contributed by atoms with Gasteiger partial charge in [-0.25, -0.2) is 4.98 Å². The Hall–Kier alpha value is -1.61. The highest BCUT2D eigenvalue weighted by atomic mass is 14.9. The standard InChI is InChI=1S/C16H23N3/c1-10(2)14(9-17)16-18-12(4)15(19-16)13-7-5-6-11(3)8-13/h5-8,10,14H,9,17H2,1-4H3,(H,18,19). The SMILES string of the molecule is Cc1cccc(-c2nc(C(CN)C(C)C)[nH]c2C)c1. The van der Waals surface area contributed by atoms with E-state index in [9.17, 15) is 0 Å². The second-order valence-corrected chi connectivity index (χ2v) is 5.55. The van der Waals surface area contributed by atoms with E-state index < -0.39 is 0 Å². The van der Waals surface area contributed by atoms with Crippen LogP contribution in [-0.2, 0) is 0 Å². The van der Waals surface area contributed by atoms with Gasteiger partial charge in [-0.3, -0.25) is 0 Å². The van der Waals surface area contributed by atoms with Crippen molar-refractivity contribution in [3.63, 3.8) is 0 Å². The molecule has 1 aromatic heterocycles. The van der Waals surface area contributed by atoms with Gasteiger partial charge in [-0.05, 0) is 25.8 Å². The van der Waals surface area contributed by atoms with Crippen molar-refractivity contribution in [2.24, 2.45) is 11.7 Å². The van der Waals surface area contributed by atoms with Crippen molar-refractivity contribution in [1.82, 2.24) is 9.97 Å². The van der Waals surface area contributed by atoms with Gasteiger partial charge < -0.3 is 10.7 Å². The molecule has 2 aromatic rings. The Bertz CT molecular complexity index is 555. The van der Waals surface area contributed by atoms with Gasteiger partial charge in [0.25, 0.3) is 0 Å². The summed E-state index contributed by atoms with van der Waals surface area (Å²) >= 11 is 0. The molecule has 3 heteroatoms. The van der Waals surface area contributed by atoms with Gasteiger partial charge in [0, 0.05) is 23.7 Å². The maximum Gasteiger partial charge on any atom is 0.111 e. The number of H-pyrrole nitrogens is 1. The summed E-state index contributed by atoms with van der Waals surface area (Å²) in [7, 11) is 0. The normalized spacial score (nSPS) is 12.9. The molecule has 1 unspecified atom stereocenters. The number of imidazole rings is 1. The minimum absolute atomic E-state index is 0.289. The van der Waals surface area contributed by atoms with E-state index in [1.807, 2.05) is 0 Å². The van der Waals surface area contributed by atoms with Gasteiger partial charge >= 0.3 is 0 Å². The van der Waals surface area contributed by atoms with Crippen LogP contribution < -0.4 is 5.73 Å². The van der Waals surface area contributed by atoms with Crippen LogP contribution in [0.3, 0.4) is 0 Å². The number of aromatic nitrogens is 2. The number of benzene rings is 1. The molecule has 1 atom stereocenters. The van der Waals surface area contributed by atoms with Crippen molar-refractivity contribution in [3.8, 4) is 11.3 Å². The lowest BCUT2D eigenvalue weighted by molar-refractivity contribution is 0.487. The van der Waals surface area contributed by atoms with Crippen LogP contribution in [0.2, 0.25) is 0 Å². The molecule has 0 spiro atoms. The predicted molar refractivity (Wildman–Crippen MR) is 80.1 cm³/mol. The van der Waals surface area contributed by atoms with Gasteiger partial charge in [-0.2, -0.15) is 0 Å². The molecule has 3 N–H and O–H groups in total. The molecule has 102 valence electrons. The number of aromatic amines is 1. The van der Waals surface area contributed by atoms with Crippen LogP contribution in [0.1, 0.15) is 36.8 Å². The second-order valence-electron chi connectivity index (χ2n) is 5.55. The Balaban J connectivity index is 2.41. The van der Waals surface area contributed by atoms with E-state index in [1.54, 1.807) is 0 Å². The number of nitrogens with zero attached hydrogens (tertiary/aromatic N) is 1. The zero-order valence-corrected chi connectivity index (χ0v) is 12.2. The van der Waals surface area contributed by atoms with E-state index in [0.717, 1.165) is 17.2 Å². The van der Waals surface area contributed by atoms with Gasteiger partial charge in [-0.15, -0.1) is 0 Å². The summed E-state index contributed by atoms with van der Waals surface area (Å²) in [5, 5.41) is 0. The first-order valence-electron chi connectivity index (χ1n) is 6.86. The van der Waals surface area contributed by atoms with Crippen LogP contribution in [0.15, 0.2) is 24.3 Å². The van der Waals surface area contributed by atoms with E-state index in [0.29, 0.717) is 12.5 Å². The Kier molecular flexibility index (Phi) is 4.05. The van der Waals surface area contributed by atoms with Crippen LogP contribution in [0.25, 0.3) is 11.3 Å². The van der Waals surface area contributed by atoms with E-state index in [1.165, 1.54) is 11.1 Å². The first-order valence-corrected chi connectivity index (χ1v) is 6.86. The zero-order chi connectivity index (χ0) is 14.0. The van der Waals surface area contributed by atoms with E-state index in [2.05, 4.69) is 56.9 Å². The minimum Gasteiger partial charge on any atom is -0.345 e. The lowest BCUT2D eigenvalue weighted by Crippen LogP contribution is -2.19. The highest BCUT2D eigenvalue weighted by Crippen LogP contribution is 2.27. The Morgan fingerprint density at radius 1 is 1.26 bits per heavy atom. The molecule has 1 aromatic carbocycles. The van der Waals surface area contributed by atoms with Crippen LogP contribution in [0, 0.1) is 19.8 Å². The average Bonchev–Trinajstić information content (AvgIpc) is 2.71. The number of hydrogen-bond acceptors (Lipinski definition) is 2. The quantitative estimate of drug-likeness (QED) is 0.882. The fourth-order valence-corrected chi connectivity index (χ4v) is 2.43. The number of nitrogens with two attached hydrogens (primary N) is 1. The molecular formula is C16H23N3. The molecule has 0 bridgehead atoms. The lowest BCUT2D eigenvalue weighted by atomic mass is 9.95. The molecule has 0 fully saturated rings. The third kappa shape index (κ3) is 2.87. The van der Waals surface area contributed by atoms with Gasteiger partial charge in [0.2, 0.25) is 0 Å². The Morgan fingerprint density at radius 2 is 2.00 bits per heavy atom. The predicted octanol–water partition coefficient (Wildman–Crippen LogP) is 3.39. The third-order valence-electron chi connectivity index (χ3n) is 3.60. The van der Waals surface area contributed by atoms with Gasteiger partial charge in [0.1, 0.15) is 5.82 Å². The number of nitrogens with one attached hydrogen (secondary N) is 1. The van der Waals surface area contributed by atoms with Crippen molar-refractivity contribution < 1.29 is 0 Å². The first-order chi connectivity index (χ1) is 9.02. The maximum atomic E-state index is 5.87. The van der Waals surface area contributed by atoms with E-state index >= 15 is 0 Å². The van der Waals surface area contributed by atoms with Crippen molar-refractivity contribution >= 4 is 0 Å². The number of hydrogen-bond donors (Lipinski definition) is 2. The highest BCUT2D eigenvalue weighted by Gasteiger charge is 2.19. The van der Waals surface area contributed by atoms with Crippen LogP contribution in [-0.4, -0.2) is 16.5 Å². The minimum atomic E-state index is 0.289. The number of rotatable bonds is 4. The molecule has 1 heterocycles. The molecule has 0 amide bonds. The van der Waals surface area contributed by atoms with Crippen LogP contribution in [0.5, 0.6) is 0 Å². The van der Waals surface area contributed by atoms with Crippen molar-refractivity contribution in [1.29, 1.82) is 0 Å². The smallest absolute Gasteiger partial charge is 0.111 e. The van der Waals surface area contributed by atoms with E-state index in [-0.39, 0.29) is 5.92 Å². The Labute approximate surface area is 115 Å². The summed E-state index contributed by atoms with van der Waals surface area (Å²) in [6, 6.07) is 8.44. The molecule has 19 heavy (non-hydrogen) atoms. The first kappa shape index (κ1) is 13.8. The topological polar surface area (TPSA) is 54.7 Å². The Morgan fingerprint density at radius 3 is 2.58 bits per heavy atom.